The molecular formula is C37H52O6. The Kier molecular flexibility index (Phi) is 16.8. The van der Waals surface area contributed by atoms with Crippen LogP contribution < -0.4 is 0 Å². The van der Waals surface area contributed by atoms with E-state index in [-0.39, 0.29) is 30.3 Å². The normalized spacial score (nSPS) is 16.9. The number of rotatable bonds is 16. The third-order valence-corrected chi connectivity index (χ3v) is 8.33. The van der Waals surface area contributed by atoms with Gasteiger partial charge in [-0.1, -0.05) is 75.9 Å². The first-order chi connectivity index (χ1) is 20.8. The summed E-state index contributed by atoms with van der Waals surface area (Å²) in [5.41, 5.74) is 7.34. The Labute approximate surface area is 258 Å². The van der Waals surface area contributed by atoms with Crippen LogP contribution in [-0.4, -0.2) is 56.0 Å². The third-order valence-electron chi connectivity index (χ3n) is 8.33. The smallest absolute Gasteiger partial charge is 0.335 e. The number of methoxy groups -OCH3 is 1. The van der Waals surface area contributed by atoms with E-state index in [9.17, 15) is 9.59 Å². The van der Waals surface area contributed by atoms with Crippen LogP contribution in [0.4, 0.5) is 0 Å². The number of benzene rings is 2. The molecule has 0 aromatic heterocycles. The van der Waals surface area contributed by atoms with E-state index in [0.717, 1.165) is 25.7 Å². The van der Waals surface area contributed by atoms with Crippen LogP contribution in [0.3, 0.4) is 0 Å². The molecule has 0 radical (unpaired) electrons. The van der Waals surface area contributed by atoms with Gasteiger partial charge < -0.3 is 19.7 Å². The van der Waals surface area contributed by atoms with E-state index in [1.807, 2.05) is 0 Å². The lowest BCUT2D eigenvalue weighted by Crippen LogP contribution is -2.22. The Morgan fingerprint density at radius 3 is 2.26 bits per heavy atom. The molecule has 0 bridgehead atoms. The molecule has 236 valence electrons. The number of aliphatic hydroxyl groups is 2. The zero-order valence-corrected chi connectivity index (χ0v) is 26.5. The number of carbonyl (C=O) groups excluding carboxylic acids is 2. The Balaban J connectivity index is 0.000000973. The first-order valence-electron chi connectivity index (χ1n) is 15.7. The number of esters is 1. The highest BCUT2D eigenvalue weighted by Crippen LogP contribution is 2.40. The van der Waals surface area contributed by atoms with Crippen LogP contribution in [0, 0.1) is 11.8 Å². The van der Waals surface area contributed by atoms with Crippen molar-refractivity contribution in [3.05, 3.63) is 83.5 Å². The second-order valence-corrected chi connectivity index (χ2v) is 11.6. The molecule has 2 N–H and O–H groups in total. The molecule has 1 fully saturated rings. The molecule has 6 heteroatoms. The third kappa shape index (κ3) is 12.2. The maximum absolute atomic E-state index is 11.9. The van der Waals surface area contributed by atoms with E-state index in [2.05, 4.69) is 69.5 Å². The average molecular weight is 593 g/mol. The monoisotopic (exact) mass is 592 g/mol. The van der Waals surface area contributed by atoms with Gasteiger partial charge in [-0.2, -0.15) is 0 Å². The van der Waals surface area contributed by atoms with Crippen molar-refractivity contribution in [3.8, 4) is 11.1 Å². The summed E-state index contributed by atoms with van der Waals surface area (Å²) in [6.07, 6.45) is 10.6. The molecule has 2 aromatic rings. The maximum atomic E-state index is 11.9. The lowest BCUT2D eigenvalue weighted by Gasteiger charge is -2.31. The summed E-state index contributed by atoms with van der Waals surface area (Å²) < 4.78 is 10.7. The zero-order chi connectivity index (χ0) is 31.6. The maximum Gasteiger partial charge on any atom is 0.335 e. The van der Waals surface area contributed by atoms with Crippen LogP contribution in [0.25, 0.3) is 11.1 Å². The molecule has 1 aliphatic rings. The van der Waals surface area contributed by atoms with Gasteiger partial charge in [-0.15, -0.1) is 0 Å². The van der Waals surface area contributed by atoms with Gasteiger partial charge in [-0.05, 0) is 96.9 Å². The summed E-state index contributed by atoms with van der Waals surface area (Å²) in [5, 5.41) is 17.1. The van der Waals surface area contributed by atoms with Crippen molar-refractivity contribution >= 4 is 12.3 Å². The van der Waals surface area contributed by atoms with Crippen molar-refractivity contribution in [2.24, 2.45) is 11.8 Å². The molecule has 1 saturated carbocycles. The fourth-order valence-corrected chi connectivity index (χ4v) is 5.74. The largest absolute Gasteiger partial charge is 0.462 e. The van der Waals surface area contributed by atoms with E-state index in [1.165, 1.54) is 59.9 Å². The first kappa shape index (κ1) is 36.1. The highest BCUT2D eigenvalue weighted by Gasteiger charge is 2.26. The molecule has 2 aromatic carbocycles. The lowest BCUT2D eigenvalue weighted by atomic mass is 9.75. The molecule has 6 nitrogen and oxygen atoms in total. The number of carbonyl (C=O) groups is 2. The van der Waals surface area contributed by atoms with Crippen LogP contribution in [0.2, 0.25) is 0 Å². The van der Waals surface area contributed by atoms with Crippen molar-refractivity contribution in [2.45, 2.75) is 77.6 Å². The molecule has 0 saturated heterocycles. The highest BCUT2D eigenvalue weighted by molar-refractivity contribution is 5.87. The van der Waals surface area contributed by atoms with Gasteiger partial charge in [0.1, 0.15) is 6.29 Å². The van der Waals surface area contributed by atoms with Crippen LogP contribution in [0.5, 0.6) is 0 Å². The Morgan fingerprint density at radius 2 is 1.72 bits per heavy atom. The minimum atomic E-state index is -0.499. The van der Waals surface area contributed by atoms with Gasteiger partial charge >= 0.3 is 5.97 Å². The van der Waals surface area contributed by atoms with Crippen molar-refractivity contribution in [1.29, 1.82) is 0 Å². The number of aryl methyl sites for hydroxylation is 2. The Morgan fingerprint density at radius 1 is 1.02 bits per heavy atom. The number of hydrogen-bond acceptors (Lipinski definition) is 6. The standard InChI is InChI=1S/C33H46O4.C4H6O2/c1-5-7-25-8-14-30(15-9-25)32-17-16-31(21-28(32)6-2)29-12-10-26(11-13-29)20-27(18-19-36-4)23-37-33(35)24(3)22-34;1-4(2-5)3-6/h8-9,14-17,21,26-27,29,34H,3,5-7,10-13,18-20,22-23H2,1-2,4H3;2,6H,1,3H2. The summed E-state index contributed by atoms with van der Waals surface area (Å²) >= 11 is 0. The highest BCUT2D eigenvalue weighted by atomic mass is 16.5. The SMILES string of the molecule is C=C(C=O)CO.C=C(CO)C(=O)OCC(CCOC)CC1CCC(c2ccc(-c3ccc(CCC)cc3)c(CC)c2)CC1. The fourth-order valence-electron chi connectivity index (χ4n) is 5.74. The summed E-state index contributed by atoms with van der Waals surface area (Å²) in [6.45, 7) is 11.6. The molecule has 0 aliphatic heterocycles. The van der Waals surface area contributed by atoms with E-state index in [4.69, 9.17) is 19.7 Å². The van der Waals surface area contributed by atoms with Gasteiger partial charge in [0, 0.05) is 19.3 Å². The molecule has 0 spiro atoms. The van der Waals surface area contributed by atoms with Gasteiger partial charge in [0.05, 0.1) is 25.4 Å². The minimum absolute atomic E-state index is 0.108. The zero-order valence-electron chi connectivity index (χ0n) is 26.5. The van der Waals surface area contributed by atoms with Gasteiger partial charge in [0.25, 0.3) is 0 Å². The molecule has 43 heavy (non-hydrogen) atoms. The number of hydrogen-bond donors (Lipinski definition) is 2. The van der Waals surface area contributed by atoms with Crippen LogP contribution in [0.1, 0.15) is 81.4 Å². The van der Waals surface area contributed by atoms with Crippen LogP contribution in [0.15, 0.2) is 66.8 Å². The number of aldehydes is 1. The Bertz CT molecular complexity index is 1140. The average Bonchev–Trinajstić information content (AvgIpc) is 3.05. The van der Waals surface area contributed by atoms with E-state index >= 15 is 0 Å². The van der Waals surface area contributed by atoms with Crippen molar-refractivity contribution < 1.29 is 29.3 Å². The van der Waals surface area contributed by atoms with Crippen molar-refractivity contribution in [3.63, 3.8) is 0 Å². The fraction of sp³-hybridized carbons (Fsp3) is 0.514. The molecular weight excluding hydrogens is 540 g/mol. The van der Waals surface area contributed by atoms with E-state index in [0.29, 0.717) is 31.3 Å². The molecule has 1 unspecified atom stereocenters. The second kappa shape index (κ2) is 20.0. The molecule has 0 amide bonds. The molecule has 1 aliphatic carbocycles. The Hall–Kier alpha value is -3.06. The van der Waals surface area contributed by atoms with Gasteiger partial charge in [0.15, 0.2) is 0 Å². The molecule has 0 heterocycles. The molecule has 1 atom stereocenters. The topological polar surface area (TPSA) is 93.1 Å². The number of ether oxygens (including phenoxy) is 2. The van der Waals surface area contributed by atoms with Gasteiger partial charge in [-0.25, -0.2) is 4.79 Å². The lowest BCUT2D eigenvalue weighted by molar-refractivity contribution is -0.141. The summed E-state index contributed by atoms with van der Waals surface area (Å²) in [4.78, 5) is 21.4. The van der Waals surface area contributed by atoms with Crippen molar-refractivity contribution in [1.82, 2.24) is 0 Å². The predicted molar refractivity (Wildman–Crippen MR) is 174 cm³/mol. The predicted octanol–water partition coefficient (Wildman–Crippen LogP) is 7.01. The minimum Gasteiger partial charge on any atom is -0.462 e. The van der Waals surface area contributed by atoms with E-state index in [1.54, 1.807) is 7.11 Å². The second-order valence-electron chi connectivity index (χ2n) is 11.6. The quantitative estimate of drug-likeness (QED) is 0.124. The van der Waals surface area contributed by atoms with Crippen LogP contribution >= 0.6 is 0 Å². The van der Waals surface area contributed by atoms with E-state index < -0.39 is 5.97 Å². The first-order valence-corrected chi connectivity index (χ1v) is 15.7. The van der Waals surface area contributed by atoms with Gasteiger partial charge in [-0.3, -0.25) is 4.79 Å². The van der Waals surface area contributed by atoms with Crippen molar-refractivity contribution in [2.75, 3.05) is 33.5 Å². The summed E-state index contributed by atoms with van der Waals surface area (Å²) in [5.74, 6) is 1.03. The van der Waals surface area contributed by atoms with Crippen LogP contribution in [-0.2, 0) is 31.9 Å². The van der Waals surface area contributed by atoms with Gasteiger partial charge in [0.2, 0.25) is 0 Å². The summed E-state index contributed by atoms with van der Waals surface area (Å²) in [6, 6.07) is 16.3. The number of aliphatic hydroxyl groups excluding tert-OH is 2. The molecule has 3 rings (SSSR count). The summed E-state index contributed by atoms with van der Waals surface area (Å²) in [7, 11) is 1.71.